The van der Waals surface area contributed by atoms with E-state index < -0.39 is 47.9 Å². The number of carboxylic acid groups (broad SMARTS) is 1. The lowest BCUT2D eigenvalue weighted by molar-refractivity contribution is -0.142. The third kappa shape index (κ3) is 11.2. The molecule has 11 N–H and O–H groups in total. The highest BCUT2D eigenvalue weighted by Gasteiger charge is 2.32. The molecule has 0 saturated carbocycles. The van der Waals surface area contributed by atoms with Crippen LogP contribution in [0.5, 0.6) is 5.75 Å². The number of hydrogen-bond donors (Lipinski definition) is 8. The maximum Gasteiger partial charge on any atom is 0.326 e. The largest absolute Gasteiger partial charge is 0.508 e. The quantitative estimate of drug-likeness (QED) is 0.0794. The Morgan fingerprint density at radius 1 is 0.946 bits per heavy atom. The molecular formula is C24H39N7O6. The number of aromatic hydroxyl groups is 1. The van der Waals surface area contributed by atoms with E-state index in [4.69, 9.17) is 17.2 Å². The van der Waals surface area contributed by atoms with Gasteiger partial charge in [-0.1, -0.05) is 32.4 Å². The van der Waals surface area contributed by atoms with Gasteiger partial charge in [-0.15, -0.1) is 0 Å². The molecule has 206 valence electrons. The minimum absolute atomic E-state index is 0.0274. The molecule has 0 aromatic heterocycles. The highest BCUT2D eigenvalue weighted by Crippen LogP contribution is 2.13. The Balaban J connectivity index is 3.03. The number of amides is 3. The molecule has 13 heteroatoms. The number of carboxylic acids is 1. The average molecular weight is 522 g/mol. The SMILES string of the molecule is CC[C@H](C)[C@H](NC(=O)[C@H](CCCN=C(N)N)NC(=O)[C@H](C)N)C(=O)N[C@@H](Cc1ccc(O)cc1)C(=O)O. The maximum atomic E-state index is 13.1. The van der Waals surface area contributed by atoms with Crippen LogP contribution in [0.1, 0.15) is 45.6 Å². The Labute approximate surface area is 216 Å². The number of nitrogens with two attached hydrogens (primary N) is 3. The standard InChI is InChI=1S/C24H39N7O6/c1-4-13(2)19(22(35)30-18(23(36)37)12-15-7-9-16(32)10-8-15)31-21(34)17(29-20(33)14(3)25)6-5-11-28-24(26)27/h7-10,13-14,17-19,32H,4-6,11-12,25H2,1-3H3,(H,29,33)(H,30,35)(H,31,34)(H,36,37)(H4,26,27,28)/t13-,14-,17-,18-,19-/m0/s1. The van der Waals surface area contributed by atoms with E-state index >= 15 is 0 Å². The van der Waals surface area contributed by atoms with Gasteiger partial charge in [0.05, 0.1) is 6.04 Å². The van der Waals surface area contributed by atoms with Crippen LogP contribution >= 0.6 is 0 Å². The van der Waals surface area contributed by atoms with Crippen molar-refractivity contribution in [2.75, 3.05) is 6.54 Å². The maximum absolute atomic E-state index is 13.1. The van der Waals surface area contributed by atoms with Crippen molar-refractivity contribution in [1.29, 1.82) is 0 Å². The van der Waals surface area contributed by atoms with Gasteiger partial charge in [-0.3, -0.25) is 19.4 Å². The molecule has 0 bridgehead atoms. The minimum Gasteiger partial charge on any atom is -0.508 e. The Kier molecular flexibility index (Phi) is 12.9. The lowest BCUT2D eigenvalue weighted by Crippen LogP contribution is -2.58. The number of carbonyl (C=O) groups is 4. The number of aliphatic imine (C=N–C) groups is 1. The van der Waals surface area contributed by atoms with E-state index in [9.17, 15) is 29.4 Å². The summed E-state index contributed by atoms with van der Waals surface area (Å²) in [4.78, 5) is 54.2. The number of guanidine groups is 1. The molecule has 0 saturated heterocycles. The molecule has 0 spiro atoms. The summed E-state index contributed by atoms with van der Waals surface area (Å²) in [5.41, 5.74) is 16.8. The van der Waals surface area contributed by atoms with Crippen LogP contribution in [0.4, 0.5) is 0 Å². The van der Waals surface area contributed by atoms with Crippen LogP contribution < -0.4 is 33.2 Å². The second-order valence-electron chi connectivity index (χ2n) is 8.94. The number of carbonyl (C=O) groups excluding carboxylic acids is 3. The van der Waals surface area contributed by atoms with Crippen LogP contribution in [0.15, 0.2) is 29.3 Å². The van der Waals surface area contributed by atoms with E-state index in [1.54, 1.807) is 19.1 Å². The van der Waals surface area contributed by atoms with Crippen molar-refractivity contribution in [3.63, 3.8) is 0 Å². The lowest BCUT2D eigenvalue weighted by Gasteiger charge is -2.28. The summed E-state index contributed by atoms with van der Waals surface area (Å²) in [5, 5.41) is 26.8. The first kappa shape index (κ1) is 31.2. The Morgan fingerprint density at radius 2 is 1.54 bits per heavy atom. The molecule has 0 unspecified atom stereocenters. The number of phenols is 1. The highest BCUT2D eigenvalue weighted by molar-refractivity contribution is 5.94. The molecule has 0 fully saturated rings. The molecule has 0 aliphatic rings. The molecule has 0 radical (unpaired) electrons. The molecule has 1 rings (SSSR count). The monoisotopic (exact) mass is 521 g/mol. The zero-order valence-electron chi connectivity index (χ0n) is 21.4. The van der Waals surface area contributed by atoms with Crippen LogP contribution in [0.25, 0.3) is 0 Å². The van der Waals surface area contributed by atoms with Crippen LogP contribution in [0, 0.1) is 5.92 Å². The number of phenolic OH excluding ortho intramolecular Hbond substituents is 1. The van der Waals surface area contributed by atoms with Gasteiger partial charge >= 0.3 is 5.97 Å². The minimum atomic E-state index is -1.27. The van der Waals surface area contributed by atoms with Crippen LogP contribution in [-0.2, 0) is 25.6 Å². The van der Waals surface area contributed by atoms with Gasteiger partial charge in [0.15, 0.2) is 5.96 Å². The molecule has 3 amide bonds. The Hall–Kier alpha value is -3.87. The number of benzene rings is 1. The predicted octanol–water partition coefficient (Wildman–Crippen LogP) is -1.08. The molecule has 1 aromatic rings. The van der Waals surface area contributed by atoms with Crippen LogP contribution in [0.2, 0.25) is 0 Å². The fourth-order valence-corrected chi connectivity index (χ4v) is 3.36. The first-order chi connectivity index (χ1) is 17.3. The Morgan fingerprint density at radius 3 is 2.05 bits per heavy atom. The number of nitrogens with one attached hydrogen (secondary N) is 3. The van der Waals surface area contributed by atoms with Crippen molar-refractivity contribution in [3.05, 3.63) is 29.8 Å². The number of aliphatic carboxylic acids is 1. The molecule has 0 heterocycles. The molecule has 0 aliphatic heterocycles. The lowest BCUT2D eigenvalue weighted by atomic mass is 9.96. The van der Waals surface area contributed by atoms with Gasteiger partial charge in [0, 0.05) is 13.0 Å². The van der Waals surface area contributed by atoms with Crippen molar-refractivity contribution in [3.8, 4) is 5.75 Å². The van der Waals surface area contributed by atoms with Crippen molar-refractivity contribution in [2.24, 2.45) is 28.1 Å². The zero-order valence-corrected chi connectivity index (χ0v) is 21.4. The predicted molar refractivity (Wildman–Crippen MR) is 138 cm³/mol. The van der Waals surface area contributed by atoms with Gasteiger partial charge < -0.3 is 43.4 Å². The van der Waals surface area contributed by atoms with E-state index in [0.29, 0.717) is 18.4 Å². The molecule has 5 atom stereocenters. The van der Waals surface area contributed by atoms with Gasteiger partial charge in [0.2, 0.25) is 17.7 Å². The van der Waals surface area contributed by atoms with Crippen molar-refractivity contribution < 1.29 is 29.4 Å². The number of nitrogens with zero attached hydrogens (tertiary/aromatic N) is 1. The first-order valence-electron chi connectivity index (χ1n) is 12.1. The fraction of sp³-hybridized carbons (Fsp3) is 0.542. The van der Waals surface area contributed by atoms with Crippen LogP contribution in [0.3, 0.4) is 0 Å². The van der Waals surface area contributed by atoms with Crippen molar-refractivity contribution >= 4 is 29.7 Å². The summed E-state index contributed by atoms with van der Waals surface area (Å²) >= 11 is 0. The van der Waals surface area contributed by atoms with E-state index in [1.165, 1.54) is 19.1 Å². The molecule has 13 nitrogen and oxygen atoms in total. The molecule has 37 heavy (non-hydrogen) atoms. The third-order valence-corrected chi connectivity index (χ3v) is 5.78. The number of rotatable bonds is 15. The van der Waals surface area contributed by atoms with Crippen molar-refractivity contribution in [2.45, 2.75) is 70.6 Å². The first-order valence-corrected chi connectivity index (χ1v) is 12.1. The summed E-state index contributed by atoms with van der Waals surface area (Å²) < 4.78 is 0. The van der Waals surface area contributed by atoms with E-state index in [1.807, 2.05) is 6.92 Å². The second-order valence-corrected chi connectivity index (χ2v) is 8.94. The van der Waals surface area contributed by atoms with E-state index in [0.717, 1.165) is 0 Å². The topological polar surface area (TPSA) is 235 Å². The second kappa shape index (κ2) is 15.3. The molecule has 1 aromatic carbocycles. The summed E-state index contributed by atoms with van der Waals surface area (Å²) in [6, 6.07) is 1.74. The number of hydrogen-bond acceptors (Lipinski definition) is 7. The Bertz CT molecular complexity index is 947. The normalized spacial score (nSPS) is 14.8. The van der Waals surface area contributed by atoms with Gasteiger partial charge in [-0.05, 0) is 43.4 Å². The summed E-state index contributed by atoms with van der Waals surface area (Å²) in [6.45, 7) is 5.27. The van der Waals surface area contributed by atoms with Gasteiger partial charge in [0.25, 0.3) is 0 Å². The van der Waals surface area contributed by atoms with Gasteiger partial charge in [0.1, 0.15) is 23.9 Å². The third-order valence-electron chi connectivity index (χ3n) is 5.78. The molecule has 0 aliphatic carbocycles. The summed E-state index contributed by atoms with van der Waals surface area (Å²) in [6.07, 6.45) is 1.02. The van der Waals surface area contributed by atoms with Gasteiger partial charge in [-0.2, -0.15) is 0 Å². The summed E-state index contributed by atoms with van der Waals surface area (Å²) in [7, 11) is 0. The fourth-order valence-electron chi connectivity index (χ4n) is 3.36. The van der Waals surface area contributed by atoms with E-state index in [2.05, 4.69) is 20.9 Å². The molecular weight excluding hydrogens is 482 g/mol. The highest BCUT2D eigenvalue weighted by atomic mass is 16.4. The van der Waals surface area contributed by atoms with Gasteiger partial charge in [-0.25, -0.2) is 4.79 Å². The zero-order chi connectivity index (χ0) is 28.1. The van der Waals surface area contributed by atoms with E-state index in [-0.39, 0.29) is 37.0 Å². The smallest absolute Gasteiger partial charge is 0.326 e. The average Bonchev–Trinajstić information content (AvgIpc) is 2.83. The van der Waals surface area contributed by atoms with Crippen LogP contribution in [-0.4, -0.2) is 70.6 Å². The summed E-state index contributed by atoms with van der Waals surface area (Å²) in [5.74, 6) is -3.52. The van der Waals surface area contributed by atoms with Crippen molar-refractivity contribution in [1.82, 2.24) is 16.0 Å².